The number of hydrogen-bond donors (Lipinski definition) is 2. The third-order valence-electron chi connectivity index (χ3n) is 2.88. The molecule has 11 heavy (non-hydrogen) atoms. The lowest BCUT2D eigenvalue weighted by atomic mass is 9.88. The first-order valence-corrected chi connectivity index (χ1v) is 4.15. The number of carboxylic acid groups (broad SMARTS) is 1. The van der Waals surface area contributed by atoms with Crippen molar-refractivity contribution in [2.24, 2.45) is 11.3 Å². The van der Waals surface area contributed by atoms with Gasteiger partial charge in [0, 0.05) is 13.1 Å². The van der Waals surface area contributed by atoms with Gasteiger partial charge in [0.25, 0.3) is 0 Å². The average molecular weight is 155 g/mol. The largest absolute Gasteiger partial charge is 0.481 e. The molecule has 1 aliphatic heterocycles. The molecule has 2 aliphatic rings. The van der Waals surface area contributed by atoms with E-state index in [0.717, 1.165) is 13.0 Å². The summed E-state index contributed by atoms with van der Waals surface area (Å²) in [6.45, 7) is 1.70. The van der Waals surface area contributed by atoms with Gasteiger partial charge in [-0.3, -0.25) is 4.79 Å². The maximum atomic E-state index is 10.6. The van der Waals surface area contributed by atoms with Crippen molar-refractivity contribution in [1.82, 2.24) is 5.32 Å². The van der Waals surface area contributed by atoms with E-state index in [-0.39, 0.29) is 5.92 Å². The topological polar surface area (TPSA) is 49.3 Å². The van der Waals surface area contributed by atoms with E-state index in [1.165, 1.54) is 12.8 Å². The highest BCUT2D eigenvalue weighted by Gasteiger charge is 2.47. The van der Waals surface area contributed by atoms with Gasteiger partial charge < -0.3 is 10.4 Å². The summed E-state index contributed by atoms with van der Waals surface area (Å²) in [5.41, 5.74) is 0.390. The SMILES string of the molecule is O=C(O)C1CNCC2(CC2)C1. The molecular weight excluding hydrogens is 142 g/mol. The lowest BCUT2D eigenvalue weighted by Crippen LogP contribution is -2.40. The molecule has 1 saturated heterocycles. The Bertz CT molecular complexity index is 187. The number of rotatable bonds is 1. The van der Waals surface area contributed by atoms with Crippen LogP contribution in [0.2, 0.25) is 0 Å². The van der Waals surface area contributed by atoms with Crippen LogP contribution in [0.15, 0.2) is 0 Å². The van der Waals surface area contributed by atoms with Gasteiger partial charge in [0.15, 0.2) is 0 Å². The van der Waals surface area contributed by atoms with Crippen LogP contribution < -0.4 is 5.32 Å². The van der Waals surface area contributed by atoms with E-state index >= 15 is 0 Å². The van der Waals surface area contributed by atoms with Gasteiger partial charge in [-0.25, -0.2) is 0 Å². The van der Waals surface area contributed by atoms with Crippen molar-refractivity contribution in [2.45, 2.75) is 19.3 Å². The number of hydrogen-bond acceptors (Lipinski definition) is 2. The predicted molar refractivity (Wildman–Crippen MR) is 40.3 cm³/mol. The molecule has 1 unspecified atom stereocenters. The zero-order valence-electron chi connectivity index (χ0n) is 6.47. The summed E-state index contributed by atoms with van der Waals surface area (Å²) < 4.78 is 0. The maximum absolute atomic E-state index is 10.6. The summed E-state index contributed by atoms with van der Waals surface area (Å²) in [5.74, 6) is -0.769. The van der Waals surface area contributed by atoms with E-state index in [1.807, 2.05) is 0 Å². The molecule has 0 amide bonds. The second-order valence-electron chi connectivity index (χ2n) is 3.87. The normalized spacial score (nSPS) is 33.6. The predicted octanol–water partition coefficient (Wildman–Crippen LogP) is 0.461. The summed E-state index contributed by atoms with van der Waals surface area (Å²) in [4.78, 5) is 10.6. The Labute approximate surface area is 65.8 Å². The van der Waals surface area contributed by atoms with Crippen LogP contribution in [0.1, 0.15) is 19.3 Å². The first kappa shape index (κ1) is 7.10. The molecule has 1 aliphatic carbocycles. The Kier molecular flexibility index (Phi) is 1.42. The van der Waals surface area contributed by atoms with Crippen LogP contribution in [-0.2, 0) is 4.79 Å². The molecule has 1 heterocycles. The molecule has 2 rings (SSSR count). The third-order valence-corrected chi connectivity index (χ3v) is 2.88. The molecular formula is C8H13NO2. The standard InChI is InChI=1S/C8H13NO2/c10-7(11)6-3-8(1-2-8)5-9-4-6/h6,9H,1-5H2,(H,10,11). The summed E-state index contributed by atoms with van der Waals surface area (Å²) in [5, 5.41) is 11.9. The minimum atomic E-state index is -0.636. The first-order valence-electron chi connectivity index (χ1n) is 4.15. The summed E-state index contributed by atoms with van der Waals surface area (Å²) in [6, 6.07) is 0. The van der Waals surface area contributed by atoms with Gasteiger partial charge in [-0.15, -0.1) is 0 Å². The fourth-order valence-electron chi connectivity index (χ4n) is 1.91. The Morgan fingerprint density at radius 3 is 2.82 bits per heavy atom. The minimum absolute atomic E-state index is 0.133. The van der Waals surface area contributed by atoms with Gasteiger partial charge in [0.05, 0.1) is 5.92 Å². The molecule has 0 bridgehead atoms. The second kappa shape index (κ2) is 2.21. The van der Waals surface area contributed by atoms with E-state index in [4.69, 9.17) is 5.11 Å². The van der Waals surface area contributed by atoms with Crippen LogP contribution in [0.4, 0.5) is 0 Å². The van der Waals surface area contributed by atoms with Crippen molar-refractivity contribution >= 4 is 5.97 Å². The molecule has 0 radical (unpaired) electrons. The molecule has 2 N–H and O–H groups in total. The average Bonchev–Trinajstić information content (AvgIpc) is 2.69. The molecule has 1 spiro atoms. The van der Waals surface area contributed by atoms with Crippen LogP contribution in [-0.4, -0.2) is 24.2 Å². The highest BCUT2D eigenvalue weighted by atomic mass is 16.4. The van der Waals surface area contributed by atoms with Crippen LogP contribution in [0.25, 0.3) is 0 Å². The van der Waals surface area contributed by atoms with Crippen LogP contribution >= 0.6 is 0 Å². The van der Waals surface area contributed by atoms with Crippen LogP contribution in [0.3, 0.4) is 0 Å². The summed E-state index contributed by atoms with van der Waals surface area (Å²) in [7, 11) is 0. The first-order chi connectivity index (χ1) is 5.22. The van der Waals surface area contributed by atoms with Crippen molar-refractivity contribution in [1.29, 1.82) is 0 Å². The molecule has 1 saturated carbocycles. The van der Waals surface area contributed by atoms with Crippen molar-refractivity contribution < 1.29 is 9.90 Å². The highest BCUT2D eigenvalue weighted by Crippen LogP contribution is 2.51. The molecule has 1 atom stereocenters. The molecule has 0 aromatic rings. The van der Waals surface area contributed by atoms with Crippen molar-refractivity contribution in [3.8, 4) is 0 Å². The zero-order valence-corrected chi connectivity index (χ0v) is 6.47. The fourth-order valence-corrected chi connectivity index (χ4v) is 1.91. The molecule has 0 aromatic heterocycles. The fraction of sp³-hybridized carbons (Fsp3) is 0.875. The smallest absolute Gasteiger partial charge is 0.307 e. The van der Waals surface area contributed by atoms with Gasteiger partial charge >= 0.3 is 5.97 Å². The van der Waals surface area contributed by atoms with E-state index in [0.29, 0.717) is 12.0 Å². The monoisotopic (exact) mass is 155 g/mol. The molecule has 3 heteroatoms. The Balaban J connectivity index is 1.98. The maximum Gasteiger partial charge on any atom is 0.307 e. The van der Waals surface area contributed by atoms with E-state index < -0.39 is 5.97 Å². The second-order valence-corrected chi connectivity index (χ2v) is 3.87. The van der Waals surface area contributed by atoms with Gasteiger partial charge in [-0.2, -0.15) is 0 Å². The van der Waals surface area contributed by atoms with Crippen LogP contribution in [0.5, 0.6) is 0 Å². The van der Waals surface area contributed by atoms with E-state index in [9.17, 15) is 4.79 Å². The van der Waals surface area contributed by atoms with Crippen molar-refractivity contribution in [3.05, 3.63) is 0 Å². The molecule has 62 valence electrons. The molecule has 3 nitrogen and oxygen atoms in total. The highest BCUT2D eigenvalue weighted by molar-refractivity contribution is 5.70. The van der Waals surface area contributed by atoms with E-state index in [1.54, 1.807) is 0 Å². The van der Waals surface area contributed by atoms with Crippen molar-refractivity contribution in [3.63, 3.8) is 0 Å². The van der Waals surface area contributed by atoms with Gasteiger partial charge in [-0.1, -0.05) is 0 Å². The number of aliphatic carboxylic acids is 1. The van der Waals surface area contributed by atoms with Crippen LogP contribution in [0, 0.1) is 11.3 Å². The van der Waals surface area contributed by atoms with Gasteiger partial charge in [0.2, 0.25) is 0 Å². The van der Waals surface area contributed by atoms with Crippen molar-refractivity contribution in [2.75, 3.05) is 13.1 Å². The van der Waals surface area contributed by atoms with Gasteiger partial charge in [-0.05, 0) is 24.7 Å². The summed E-state index contributed by atoms with van der Waals surface area (Å²) >= 11 is 0. The number of nitrogens with one attached hydrogen (secondary N) is 1. The Morgan fingerprint density at radius 2 is 2.27 bits per heavy atom. The van der Waals surface area contributed by atoms with Gasteiger partial charge in [0.1, 0.15) is 0 Å². The Morgan fingerprint density at radius 1 is 1.55 bits per heavy atom. The molecule has 0 aromatic carbocycles. The lowest BCUT2D eigenvalue weighted by molar-refractivity contribution is -0.143. The summed E-state index contributed by atoms with van der Waals surface area (Å²) in [6.07, 6.45) is 3.35. The number of carbonyl (C=O) groups is 1. The minimum Gasteiger partial charge on any atom is -0.481 e. The van der Waals surface area contributed by atoms with E-state index in [2.05, 4.69) is 5.32 Å². The lowest BCUT2D eigenvalue weighted by Gasteiger charge is -2.27. The number of piperidine rings is 1. The quantitative estimate of drug-likeness (QED) is 0.578. The number of carboxylic acids is 1. The third kappa shape index (κ3) is 1.25. The molecule has 2 fully saturated rings. The Hall–Kier alpha value is -0.570. The zero-order chi connectivity index (χ0) is 7.90.